The van der Waals surface area contributed by atoms with Gasteiger partial charge in [-0.1, -0.05) is 24.3 Å². The molecule has 4 N–H and O–H groups in total. The Labute approximate surface area is 187 Å². The lowest BCUT2D eigenvalue weighted by Crippen LogP contribution is -2.32. The third-order valence-electron chi connectivity index (χ3n) is 5.38. The van der Waals surface area contributed by atoms with Gasteiger partial charge in [-0.25, -0.2) is 9.97 Å². The molecule has 1 atom stereocenters. The number of fused-ring (bicyclic) bond motifs is 1. The van der Waals surface area contributed by atoms with Gasteiger partial charge in [0.05, 0.1) is 11.9 Å². The number of hydrogen-bond acceptors (Lipinski definition) is 6. The van der Waals surface area contributed by atoms with Gasteiger partial charge in [0, 0.05) is 22.8 Å². The van der Waals surface area contributed by atoms with E-state index >= 15 is 0 Å². The second-order valence-electron chi connectivity index (χ2n) is 7.86. The standard InChI is InChI=1S/C25H26N6O/c1-16(31(2)3)28-23-12-11-21-22(13-14-27-25(21)30-23)29-20-9-7-17(8-10-20)18-5-4-6-19(15-18)24(26)32/h4-16H,1-3H3,(H2,26,32)(H2,27,28,29,30). The van der Waals surface area contributed by atoms with E-state index in [-0.39, 0.29) is 6.17 Å². The van der Waals surface area contributed by atoms with Crippen molar-refractivity contribution >= 4 is 34.1 Å². The molecule has 0 saturated carbocycles. The lowest BCUT2D eigenvalue weighted by atomic mass is 10.0. The molecule has 162 valence electrons. The molecule has 1 amide bonds. The molecule has 0 aliphatic rings. The first kappa shape index (κ1) is 21.3. The minimum absolute atomic E-state index is 0.156. The average Bonchev–Trinajstić information content (AvgIpc) is 2.79. The minimum Gasteiger partial charge on any atom is -0.366 e. The largest absolute Gasteiger partial charge is 0.366 e. The highest BCUT2D eigenvalue weighted by Crippen LogP contribution is 2.28. The summed E-state index contributed by atoms with van der Waals surface area (Å²) in [6.07, 6.45) is 1.91. The molecule has 0 saturated heterocycles. The van der Waals surface area contributed by atoms with Crippen molar-refractivity contribution in [1.82, 2.24) is 14.9 Å². The van der Waals surface area contributed by atoms with Gasteiger partial charge >= 0.3 is 0 Å². The molecule has 2 aromatic carbocycles. The summed E-state index contributed by atoms with van der Waals surface area (Å²) in [6, 6.07) is 21.2. The smallest absolute Gasteiger partial charge is 0.248 e. The van der Waals surface area contributed by atoms with Gasteiger partial charge in [-0.3, -0.25) is 9.69 Å². The van der Waals surface area contributed by atoms with E-state index < -0.39 is 5.91 Å². The van der Waals surface area contributed by atoms with Crippen LogP contribution in [0, 0.1) is 0 Å². The predicted molar refractivity (Wildman–Crippen MR) is 130 cm³/mol. The summed E-state index contributed by atoms with van der Waals surface area (Å²) in [6.45, 7) is 2.07. The highest BCUT2D eigenvalue weighted by Gasteiger charge is 2.09. The van der Waals surface area contributed by atoms with Crippen molar-refractivity contribution in [2.45, 2.75) is 13.1 Å². The number of nitrogens with zero attached hydrogens (tertiary/aromatic N) is 3. The molecule has 7 nitrogen and oxygen atoms in total. The fourth-order valence-electron chi connectivity index (χ4n) is 3.32. The number of amides is 1. The molecule has 2 heterocycles. The van der Waals surface area contributed by atoms with E-state index in [9.17, 15) is 4.79 Å². The van der Waals surface area contributed by atoms with Crippen LogP contribution in [0.1, 0.15) is 17.3 Å². The quantitative estimate of drug-likeness (QED) is 0.378. The SMILES string of the molecule is CC(Nc1ccc2c(Nc3ccc(-c4cccc(C(N)=O)c4)cc3)ccnc2n1)N(C)C. The monoisotopic (exact) mass is 426 g/mol. The van der Waals surface area contributed by atoms with Crippen LogP contribution in [0.15, 0.2) is 72.9 Å². The molecule has 4 aromatic rings. The van der Waals surface area contributed by atoms with Crippen LogP contribution >= 0.6 is 0 Å². The number of pyridine rings is 2. The minimum atomic E-state index is -0.433. The van der Waals surface area contributed by atoms with Crippen molar-refractivity contribution in [2.24, 2.45) is 5.73 Å². The number of nitrogens with one attached hydrogen (secondary N) is 2. The number of benzene rings is 2. The molecular formula is C25H26N6O. The Morgan fingerprint density at radius 2 is 1.78 bits per heavy atom. The van der Waals surface area contributed by atoms with Crippen LogP contribution in [0.5, 0.6) is 0 Å². The Morgan fingerprint density at radius 3 is 2.50 bits per heavy atom. The Kier molecular flexibility index (Phi) is 6.00. The predicted octanol–water partition coefficient (Wildman–Crippen LogP) is 4.46. The van der Waals surface area contributed by atoms with E-state index in [0.717, 1.165) is 33.7 Å². The van der Waals surface area contributed by atoms with Gasteiger partial charge in [-0.05, 0) is 74.6 Å². The lowest BCUT2D eigenvalue weighted by molar-refractivity contribution is 0.100. The highest BCUT2D eigenvalue weighted by molar-refractivity contribution is 5.94. The summed E-state index contributed by atoms with van der Waals surface area (Å²) in [5, 5.41) is 7.75. The molecule has 7 heteroatoms. The maximum Gasteiger partial charge on any atom is 0.248 e. The number of anilines is 3. The molecule has 0 fully saturated rings. The van der Waals surface area contributed by atoms with Crippen LogP contribution in [0.4, 0.5) is 17.2 Å². The number of aromatic nitrogens is 2. The van der Waals surface area contributed by atoms with Gasteiger partial charge in [0.2, 0.25) is 5.91 Å². The van der Waals surface area contributed by atoms with Crippen LogP contribution in [0.3, 0.4) is 0 Å². The third-order valence-corrected chi connectivity index (χ3v) is 5.38. The normalized spacial score (nSPS) is 12.0. The molecule has 0 aliphatic carbocycles. The van der Waals surface area contributed by atoms with E-state index in [0.29, 0.717) is 11.2 Å². The second kappa shape index (κ2) is 9.03. The van der Waals surface area contributed by atoms with Gasteiger partial charge in [0.1, 0.15) is 5.82 Å². The Balaban J connectivity index is 1.55. The van der Waals surface area contributed by atoms with E-state index in [1.807, 2.05) is 68.7 Å². The fourth-order valence-corrected chi connectivity index (χ4v) is 3.32. The van der Waals surface area contributed by atoms with E-state index in [1.54, 1.807) is 18.3 Å². The van der Waals surface area contributed by atoms with Crippen molar-refractivity contribution < 1.29 is 4.79 Å². The average molecular weight is 427 g/mol. The lowest BCUT2D eigenvalue weighted by Gasteiger charge is -2.21. The van der Waals surface area contributed by atoms with Gasteiger partial charge in [0.25, 0.3) is 0 Å². The Morgan fingerprint density at radius 1 is 1.00 bits per heavy atom. The van der Waals surface area contributed by atoms with Gasteiger partial charge in [0.15, 0.2) is 5.65 Å². The molecule has 1 unspecified atom stereocenters. The third kappa shape index (κ3) is 4.68. The molecule has 2 aromatic heterocycles. The molecular weight excluding hydrogens is 400 g/mol. The first-order valence-electron chi connectivity index (χ1n) is 10.4. The number of rotatable bonds is 7. The topological polar surface area (TPSA) is 96.2 Å². The summed E-state index contributed by atoms with van der Waals surface area (Å²) in [5.41, 5.74) is 10.4. The van der Waals surface area contributed by atoms with Gasteiger partial charge in [-0.2, -0.15) is 0 Å². The Hall–Kier alpha value is -3.97. The number of hydrogen-bond donors (Lipinski definition) is 3. The molecule has 0 bridgehead atoms. The summed E-state index contributed by atoms with van der Waals surface area (Å²) >= 11 is 0. The number of carbonyl (C=O) groups is 1. The number of primary amides is 1. The van der Waals surface area contributed by atoms with Crippen LogP contribution in [0.25, 0.3) is 22.2 Å². The summed E-state index contributed by atoms with van der Waals surface area (Å²) < 4.78 is 0. The zero-order valence-corrected chi connectivity index (χ0v) is 18.3. The van der Waals surface area contributed by atoms with E-state index in [1.165, 1.54) is 0 Å². The number of nitrogens with two attached hydrogens (primary N) is 1. The fraction of sp³-hybridized carbons (Fsp3) is 0.160. The highest BCUT2D eigenvalue weighted by atomic mass is 16.1. The first-order chi connectivity index (χ1) is 15.4. The summed E-state index contributed by atoms with van der Waals surface area (Å²) in [5.74, 6) is 0.351. The van der Waals surface area contributed by atoms with Crippen molar-refractivity contribution in [2.75, 3.05) is 24.7 Å². The summed E-state index contributed by atoms with van der Waals surface area (Å²) in [4.78, 5) is 22.6. The van der Waals surface area contributed by atoms with E-state index in [2.05, 4.69) is 32.4 Å². The molecule has 0 spiro atoms. The molecule has 0 radical (unpaired) electrons. The van der Waals surface area contributed by atoms with Crippen molar-refractivity contribution in [3.8, 4) is 11.1 Å². The molecule has 32 heavy (non-hydrogen) atoms. The maximum atomic E-state index is 11.4. The van der Waals surface area contributed by atoms with Crippen LogP contribution in [0.2, 0.25) is 0 Å². The van der Waals surface area contributed by atoms with Crippen LogP contribution in [-0.4, -0.2) is 41.0 Å². The van der Waals surface area contributed by atoms with Crippen LogP contribution in [-0.2, 0) is 0 Å². The van der Waals surface area contributed by atoms with Crippen molar-refractivity contribution in [1.29, 1.82) is 0 Å². The zero-order valence-electron chi connectivity index (χ0n) is 18.3. The molecule has 0 aliphatic heterocycles. The van der Waals surface area contributed by atoms with E-state index in [4.69, 9.17) is 5.73 Å². The van der Waals surface area contributed by atoms with Crippen LogP contribution < -0.4 is 16.4 Å². The second-order valence-corrected chi connectivity index (χ2v) is 7.86. The summed E-state index contributed by atoms with van der Waals surface area (Å²) in [7, 11) is 4.03. The van der Waals surface area contributed by atoms with Crippen molar-refractivity contribution in [3.05, 3.63) is 78.5 Å². The zero-order chi connectivity index (χ0) is 22.7. The Bertz CT molecular complexity index is 1250. The van der Waals surface area contributed by atoms with Gasteiger partial charge in [-0.15, -0.1) is 0 Å². The maximum absolute atomic E-state index is 11.4. The first-order valence-corrected chi connectivity index (χ1v) is 10.4. The number of carbonyl (C=O) groups excluding carboxylic acids is 1. The van der Waals surface area contributed by atoms with Gasteiger partial charge < -0.3 is 16.4 Å². The van der Waals surface area contributed by atoms with Crippen molar-refractivity contribution in [3.63, 3.8) is 0 Å². The molecule has 4 rings (SSSR count).